The minimum Gasteiger partial charge on any atom is -0.380 e. The zero-order valence-electron chi connectivity index (χ0n) is 14.7. The van der Waals surface area contributed by atoms with Crippen LogP contribution >= 0.6 is 0 Å². The van der Waals surface area contributed by atoms with Crippen LogP contribution in [-0.4, -0.2) is 67.2 Å². The van der Waals surface area contributed by atoms with E-state index in [1.165, 1.54) is 11.1 Å². The van der Waals surface area contributed by atoms with Crippen LogP contribution in [0.5, 0.6) is 0 Å². The van der Waals surface area contributed by atoms with Crippen molar-refractivity contribution >= 4 is 5.91 Å². The lowest BCUT2D eigenvalue weighted by Gasteiger charge is -2.36. The smallest absolute Gasteiger partial charge is 0.252 e. The van der Waals surface area contributed by atoms with E-state index in [1.54, 1.807) is 0 Å². The van der Waals surface area contributed by atoms with Crippen LogP contribution in [0, 0.1) is 6.92 Å². The number of aryl methyl sites for hydroxylation is 1. The van der Waals surface area contributed by atoms with Crippen LogP contribution in [0.1, 0.15) is 30.0 Å². The van der Waals surface area contributed by atoms with E-state index in [-0.39, 0.29) is 11.9 Å². The third-order valence-corrected chi connectivity index (χ3v) is 4.86. The summed E-state index contributed by atoms with van der Waals surface area (Å²) in [4.78, 5) is 16.7. The fourth-order valence-corrected chi connectivity index (χ4v) is 3.10. The normalized spacial score (nSPS) is 19.6. The molecule has 0 bridgehead atoms. The monoisotopic (exact) mass is 319 g/mol. The highest BCUT2D eigenvalue weighted by Crippen LogP contribution is 2.24. The first-order valence-corrected chi connectivity index (χ1v) is 8.24. The zero-order valence-corrected chi connectivity index (χ0v) is 14.7. The third-order valence-electron chi connectivity index (χ3n) is 4.86. The van der Waals surface area contributed by atoms with Crippen molar-refractivity contribution in [2.45, 2.75) is 31.4 Å². The van der Waals surface area contributed by atoms with Gasteiger partial charge in [0, 0.05) is 19.6 Å². The molecule has 1 amide bonds. The van der Waals surface area contributed by atoms with Crippen LogP contribution in [-0.2, 0) is 4.79 Å². The maximum Gasteiger partial charge on any atom is 0.252 e. The van der Waals surface area contributed by atoms with Crippen molar-refractivity contribution in [1.29, 1.82) is 0 Å². The Morgan fingerprint density at radius 1 is 1.35 bits per heavy atom. The van der Waals surface area contributed by atoms with E-state index < -0.39 is 5.60 Å². The predicted molar refractivity (Wildman–Crippen MR) is 92.3 cm³/mol. The molecule has 0 spiro atoms. The molecule has 0 aliphatic carbocycles. The maximum atomic E-state index is 12.5. The first-order chi connectivity index (χ1) is 10.8. The van der Waals surface area contributed by atoms with Gasteiger partial charge in [-0.2, -0.15) is 0 Å². The highest BCUT2D eigenvalue weighted by atomic mass is 16.3. The summed E-state index contributed by atoms with van der Waals surface area (Å²) in [6.45, 7) is 4.07. The van der Waals surface area contributed by atoms with E-state index in [0.717, 1.165) is 13.1 Å². The largest absolute Gasteiger partial charge is 0.380 e. The Hall–Kier alpha value is -1.43. The lowest BCUT2D eigenvalue weighted by Crippen LogP contribution is -2.54. The van der Waals surface area contributed by atoms with Crippen LogP contribution in [0.3, 0.4) is 0 Å². The molecule has 1 aromatic carbocycles. The first-order valence-electron chi connectivity index (χ1n) is 8.24. The summed E-state index contributed by atoms with van der Waals surface area (Å²) < 4.78 is 0. The van der Waals surface area contributed by atoms with Gasteiger partial charge in [-0.3, -0.25) is 4.79 Å². The summed E-state index contributed by atoms with van der Waals surface area (Å²) in [5, 5.41) is 13.5. The van der Waals surface area contributed by atoms with Gasteiger partial charge in [0.25, 0.3) is 5.91 Å². The van der Waals surface area contributed by atoms with E-state index in [4.69, 9.17) is 0 Å². The number of aliphatic hydroxyl groups is 1. The van der Waals surface area contributed by atoms with Crippen LogP contribution in [0.15, 0.2) is 24.3 Å². The van der Waals surface area contributed by atoms with Crippen molar-refractivity contribution in [3.05, 3.63) is 35.4 Å². The number of likely N-dealkylation sites (N-methyl/N-ethyl adjacent to an activating group) is 1. The Bertz CT molecular complexity index is 537. The number of nitrogens with one attached hydrogen (secondary N) is 1. The summed E-state index contributed by atoms with van der Waals surface area (Å²) in [5.74, 6) is -0.244. The number of hydrogen-bond acceptors (Lipinski definition) is 4. The van der Waals surface area contributed by atoms with Gasteiger partial charge in [-0.1, -0.05) is 24.3 Å². The summed E-state index contributed by atoms with van der Waals surface area (Å²) in [5.41, 5.74) is 1.18. The van der Waals surface area contributed by atoms with E-state index in [2.05, 4.69) is 34.2 Å². The van der Waals surface area contributed by atoms with Gasteiger partial charge in [0.15, 0.2) is 0 Å². The molecule has 1 aliphatic rings. The van der Waals surface area contributed by atoms with E-state index in [1.807, 2.05) is 33.3 Å². The number of nitrogens with zero attached hydrogens (tertiary/aromatic N) is 2. The molecule has 1 fully saturated rings. The molecule has 2 rings (SSSR count). The molecule has 5 heteroatoms. The maximum absolute atomic E-state index is 12.5. The Morgan fingerprint density at radius 3 is 2.52 bits per heavy atom. The summed E-state index contributed by atoms with van der Waals surface area (Å²) in [6, 6.07) is 8.31. The van der Waals surface area contributed by atoms with Gasteiger partial charge in [0.2, 0.25) is 0 Å². The van der Waals surface area contributed by atoms with Crippen molar-refractivity contribution in [3.8, 4) is 0 Å². The van der Waals surface area contributed by atoms with Gasteiger partial charge < -0.3 is 20.2 Å². The Labute approximate surface area is 139 Å². The molecule has 2 N–H and O–H groups in total. The number of amides is 1. The van der Waals surface area contributed by atoms with Gasteiger partial charge in [-0.15, -0.1) is 0 Å². The second-order valence-corrected chi connectivity index (χ2v) is 6.88. The summed E-state index contributed by atoms with van der Waals surface area (Å²) in [6.07, 6.45) is 0.985. The fraction of sp³-hybridized carbons (Fsp3) is 0.611. The second kappa shape index (κ2) is 7.43. The lowest BCUT2D eigenvalue weighted by molar-refractivity contribution is -0.144. The zero-order chi connectivity index (χ0) is 17.0. The van der Waals surface area contributed by atoms with Crippen LogP contribution in [0.4, 0.5) is 0 Å². The average Bonchev–Trinajstić information content (AvgIpc) is 2.51. The number of hydrogen-bond donors (Lipinski definition) is 2. The van der Waals surface area contributed by atoms with E-state index in [9.17, 15) is 9.90 Å². The Kier molecular flexibility index (Phi) is 5.79. The number of likely N-dealkylation sites (tertiary alicyclic amines) is 1. The molecule has 0 saturated carbocycles. The van der Waals surface area contributed by atoms with Crippen LogP contribution in [0.25, 0.3) is 0 Å². The van der Waals surface area contributed by atoms with E-state index in [0.29, 0.717) is 19.4 Å². The fourth-order valence-electron chi connectivity index (χ4n) is 3.10. The number of carbonyl (C=O) groups is 1. The van der Waals surface area contributed by atoms with Gasteiger partial charge in [0.05, 0.1) is 6.04 Å². The molecule has 128 valence electrons. The molecule has 23 heavy (non-hydrogen) atoms. The van der Waals surface area contributed by atoms with Crippen molar-refractivity contribution in [2.75, 3.05) is 40.8 Å². The van der Waals surface area contributed by atoms with Gasteiger partial charge >= 0.3 is 0 Å². The highest BCUT2D eigenvalue weighted by molar-refractivity contribution is 5.85. The van der Waals surface area contributed by atoms with Gasteiger partial charge in [0.1, 0.15) is 5.60 Å². The van der Waals surface area contributed by atoms with Crippen molar-refractivity contribution in [2.24, 2.45) is 0 Å². The quantitative estimate of drug-likeness (QED) is 0.855. The predicted octanol–water partition coefficient (Wildman–Crippen LogP) is 1.17. The first kappa shape index (κ1) is 17.9. The SMILES string of the molecule is Cc1ccccc1[C@H](CNC(=O)C1(O)CCN(C)CC1)N(C)C. The molecule has 1 saturated heterocycles. The topological polar surface area (TPSA) is 55.8 Å². The third kappa shape index (κ3) is 4.31. The molecule has 5 nitrogen and oxygen atoms in total. The summed E-state index contributed by atoms with van der Waals surface area (Å²) >= 11 is 0. The molecule has 1 heterocycles. The van der Waals surface area contributed by atoms with Crippen molar-refractivity contribution in [1.82, 2.24) is 15.1 Å². The lowest BCUT2D eigenvalue weighted by atomic mass is 9.90. The number of benzene rings is 1. The highest BCUT2D eigenvalue weighted by Gasteiger charge is 2.38. The molecular formula is C18H29N3O2. The van der Waals surface area contributed by atoms with Gasteiger partial charge in [-0.05, 0) is 52.0 Å². The van der Waals surface area contributed by atoms with E-state index >= 15 is 0 Å². The molecule has 1 aliphatic heterocycles. The molecular weight excluding hydrogens is 290 g/mol. The van der Waals surface area contributed by atoms with Crippen molar-refractivity contribution < 1.29 is 9.90 Å². The molecule has 1 aromatic rings. The molecule has 0 radical (unpaired) electrons. The number of piperidine rings is 1. The molecule has 0 aromatic heterocycles. The Morgan fingerprint density at radius 2 is 1.96 bits per heavy atom. The van der Waals surface area contributed by atoms with Crippen molar-refractivity contribution in [3.63, 3.8) is 0 Å². The number of rotatable bonds is 5. The van der Waals surface area contributed by atoms with Crippen LogP contribution < -0.4 is 5.32 Å². The second-order valence-electron chi connectivity index (χ2n) is 6.88. The molecule has 0 unspecified atom stereocenters. The van der Waals surface area contributed by atoms with Gasteiger partial charge in [-0.25, -0.2) is 0 Å². The summed E-state index contributed by atoms with van der Waals surface area (Å²) in [7, 11) is 6.03. The standard InChI is InChI=1S/C18H29N3O2/c1-14-7-5-6-8-15(14)16(20(2)3)13-19-17(22)18(23)9-11-21(4)12-10-18/h5-8,16,23H,9-13H2,1-4H3,(H,19,22)/t16-/m0/s1. The van der Waals surface area contributed by atoms with Crippen LogP contribution in [0.2, 0.25) is 0 Å². The Balaban J connectivity index is 2.02. The molecule has 1 atom stereocenters. The average molecular weight is 319 g/mol. The number of carbonyl (C=O) groups excluding carboxylic acids is 1. The minimum atomic E-state index is -1.23. The minimum absolute atomic E-state index is 0.0926.